The fourth-order valence-corrected chi connectivity index (χ4v) is 5.73. The first-order valence-corrected chi connectivity index (χ1v) is 8.30. The van der Waals surface area contributed by atoms with Gasteiger partial charge in [0.15, 0.2) is 0 Å². The largest absolute Gasteiger partial charge is 0.468 e. The molecular weight excluding hydrogens is 290 g/mol. The predicted octanol–water partition coefficient (Wildman–Crippen LogP) is 2.49. The van der Waals surface area contributed by atoms with E-state index in [4.69, 9.17) is 11.6 Å². The minimum absolute atomic E-state index is 0.0948. The number of carbonyl (C=O) groups is 2. The van der Waals surface area contributed by atoms with E-state index >= 15 is 0 Å². The summed E-state index contributed by atoms with van der Waals surface area (Å²) in [6.45, 7) is 2.49. The zero-order chi connectivity index (χ0) is 15.3. The van der Waals surface area contributed by atoms with Crippen LogP contribution in [0.15, 0.2) is 0 Å². The van der Waals surface area contributed by atoms with E-state index in [-0.39, 0.29) is 17.9 Å². The highest BCUT2D eigenvalue weighted by molar-refractivity contribution is 6.30. The molecule has 4 fully saturated rings. The molecule has 4 rings (SSSR count). The summed E-state index contributed by atoms with van der Waals surface area (Å²) in [5, 5.41) is 2.10. The molecule has 3 unspecified atom stereocenters. The molecule has 0 aromatic carbocycles. The SMILES string of the molecule is COC(=O)C(Cl)CNC(=O)C12CC3CC(CC(C)(C3)C1)C2. The second kappa shape index (κ2) is 5.15. The van der Waals surface area contributed by atoms with E-state index in [1.165, 1.54) is 26.4 Å². The van der Waals surface area contributed by atoms with Crippen molar-refractivity contribution >= 4 is 23.5 Å². The van der Waals surface area contributed by atoms with E-state index in [1.54, 1.807) is 0 Å². The number of hydrogen-bond donors (Lipinski definition) is 1. The topological polar surface area (TPSA) is 55.4 Å². The van der Waals surface area contributed by atoms with Crippen molar-refractivity contribution in [2.45, 2.75) is 50.8 Å². The van der Waals surface area contributed by atoms with Gasteiger partial charge in [0.1, 0.15) is 5.38 Å². The smallest absolute Gasteiger partial charge is 0.325 e. The predicted molar refractivity (Wildman–Crippen MR) is 79.9 cm³/mol. The van der Waals surface area contributed by atoms with Crippen LogP contribution in [0.5, 0.6) is 0 Å². The van der Waals surface area contributed by atoms with Gasteiger partial charge in [0.25, 0.3) is 0 Å². The van der Waals surface area contributed by atoms with Gasteiger partial charge in [-0.15, -0.1) is 11.6 Å². The third-order valence-electron chi connectivity index (χ3n) is 5.73. The Balaban J connectivity index is 1.66. The Labute approximate surface area is 130 Å². The fraction of sp³-hybridized carbons (Fsp3) is 0.875. The van der Waals surface area contributed by atoms with E-state index in [1.807, 2.05) is 0 Å². The van der Waals surface area contributed by atoms with Crippen LogP contribution < -0.4 is 5.32 Å². The average Bonchev–Trinajstić information content (AvgIpc) is 2.40. The van der Waals surface area contributed by atoms with E-state index in [9.17, 15) is 9.59 Å². The van der Waals surface area contributed by atoms with Crippen molar-refractivity contribution in [2.24, 2.45) is 22.7 Å². The lowest BCUT2D eigenvalue weighted by atomic mass is 9.44. The van der Waals surface area contributed by atoms with Gasteiger partial charge < -0.3 is 10.1 Å². The number of amides is 1. The summed E-state index contributed by atoms with van der Waals surface area (Å²) in [5.41, 5.74) is 0.121. The lowest BCUT2D eigenvalue weighted by Gasteiger charge is -2.60. The minimum Gasteiger partial charge on any atom is -0.468 e. The lowest BCUT2D eigenvalue weighted by molar-refractivity contribution is -0.155. The van der Waals surface area contributed by atoms with Gasteiger partial charge in [-0.05, 0) is 55.8 Å². The van der Waals surface area contributed by atoms with Crippen molar-refractivity contribution in [3.8, 4) is 0 Å². The standard InChI is InChI=1S/C16H24ClNO3/c1-15-4-10-3-11(5-15)7-16(6-10,9-15)14(20)18-8-12(17)13(19)21-2/h10-12H,3-9H2,1-2H3,(H,18,20). The molecule has 21 heavy (non-hydrogen) atoms. The molecule has 3 atom stereocenters. The highest BCUT2D eigenvalue weighted by Crippen LogP contribution is 2.65. The molecule has 4 saturated carbocycles. The molecule has 4 nitrogen and oxygen atoms in total. The zero-order valence-corrected chi connectivity index (χ0v) is 13.5. The number of ether oxygens (including phenoxy) is 1. The van der Waals surface area contributed by atoms with Gasteiger partial charge in [-0.3, -0.25) is 9.59 Å². The van der Waals surface area contributed by atoms with Crippen LogP contribution in [0.25, 0.3) is 0 Å². The Morgan fingerprint density at radius 2 is 1.90 bits per heavy atom. The highest BCUT2D eigenvalue weighted by Gasteiger charge is 2.58. The van der Waals surface area contributed by atoms with Gasteiger partial charge >= 0.3 is 5.97 Å². The molecule has 0 aliphatic heterocycles. The normalized spacial score (nSPS) is 41.7. The van der Waals surface area contributed by atoms with Crippen molar-refractivity contribution in [1.82, 2.24) is 5.32 Å². The summed E-state index contributed by atoms with van der Waals surface area (Å²) in [5.74, 6) is 1.01. The fourth-order valence-electron chi connectivity index (χ4n) is 5.57. The van der Waals surface area contributed by atoms with Gasteiger partial charge in [-0.1, -0.05) is 6.92 Å². The summed E-state index contributed by atoms with van der Waals surface area (Å²) < 4.78 is 4.59. The molecule has 1 amide bonds. The van der Waals surface area contributed by atoms with Crippen molar-refractivity contribution in [1.29, 1.82) is 0 Å². The van der Waals surface area contributed by atoms with Gasteiger partial charge in [0.2, 0.25) is 5.91 Å². The number of hydrogen-bond acceptors (Lipinski definition) is 3. The van der Waals surface area contributed by atoms with E-state index in [0.717, 1.165) is 19.3 Å². The highest BCUT2D eigenvalue weighted by atomic mass is 35.5. The molecule has 0 aromatic rings. The molecule has 118 valence electrons. The molecule has 0 radical (unpaired) electrons. The number of rotatable bonds is 4. The van der Waals surface area contributed by atoms with Gasteiger partial charge in [0, 0.05) is 6.54 Å². The molecule has 0 heterocycles. The number of methoxy groups -OCH3 is 1. The van der Waals surface area contributed by atoms with Crippen LogP contribution >= 0.6 is 11.6 Å². The maximum atomic E-state index is 12.7. The van der Waals surface area contributed by atoms with Gasteiger partial charge in [-0.2, -0.15) is 0 Å². The van der Waals surface area contributed by atoms with Crippen molar-refractivity contribution < 1.29 is 14.3 Å². The monoisotopic (exact) mass is 313 g/mol. The molecule has 5 heteroatoms. The lowest BCUT2D eigenvalue weighted by Crippen LogP contribution is -2.57. The van der Waals surface area contributed by atoms with E-state index < -0.39 is 11.3 Å². The van der Waals surface area contributed by atoms with Crippen LogP contribution in [0.4, 0.5) is 0 Å². The third-order valence-corrected chi connectivity index (χ3v) is 6.07. The molecule has 4 aliphatic carbocycles. The molecule has 4 bridgehead atoms. The molecule has 0 saturated heterocycles. The molecule has 1 N–H and O–H groups in total. The Morgan fingerprint density at radius 3 is 2.43 bits per heavy atom. The molecule has 0 spiro atoms. The third kappa shape index (κ3) is 2.67. The summed E-state index contributed by atoms with van der Waals surface area (Å²) in [6, 6.07) is 0. The van der Waals surface area contributed by atoms with E-state index in [2.05, 4.69) is 17.0 Å². The Morgan fingerprint density at radius 1 is 1.29 bits per heavy atom. The molecule has 0 aromatic heterocycles. The van der Waals surface area contributed by atoms with Crippen molar-refractivity contribution in [2.75, 3.05) is 13.7 Å². The first-order chi connectivity index (χ1) is 9.86. The number of carbonyl (C=O) groups excluding carboxylic acids is 2. The van der Waals surface area contributed by atoms with Crippen LogP contribution in [-0.4, -0.2) is 30.9 Å². The first-order valence-electron chi connectivity index (χ1n) is 7.86. The zero-order valence-electron chi connectivity index (χ0n) is 12.8. The second-order valence-corrected chi connectivity index (χ2v) is 8.28. The maximum Gasteiger partial charge on any atom is 0.325 e. The summed E-state index contributed by atoms with van der Waals surface area (Å²) >= 11 is 5.92. The maximum absolute atomic E-state index is 12.7. The number of halogens is 1. The Kier molecular flexibility index (Phi) is 3.71. The van der Waals surface area contributed by atoms with Crippen molar-refractivity contribution in [3.05, 3.63) is 0 Å². The first kappa shape index (κ1) is 15.1. The summed E-state index contributed by atoms with van der Waals surface area (Å²) in [6.07, 6.45) is 6.86. The Bertz CT molecular complexity index is 450. The Hall–Kier alpha value is -0.770. The average molecular weight is 314 g/mol. The quantitative estimate of drug-likeness (QED) is 0.641. The van der Waals surface area contributed by atoms with Gasteiger partial charge in [0.05, 0.1) is 12.5 Å². The van der Waals surface area contributed by atoms with Crippen LogP contribution in [0, 0.1) is 22.7 Å². The number of esters is 1. The molecule has 4 aliphatic rings. The van der Waals surface area contributed by atoms with Crippen LogP contribution in [-0.2, 0) is 14.3 Å². The van der Waals surface area contributed by atoms with Crippen LogP contribution in [0.3, 0.4) is 0 Å². The minimum atomic E-state index is -0.802. The van der Waals surface area contributed by atoms with E-state index in [0.29, 0.717) is 17.3 Å². The second-order valence-electron chi connectivity index (χ2n) is 7.75. The summed E-state index contributed by atoms with van der Waals surface area (Å²) in [7, 11) is 1.31. The van der Waals surface area contributed by atoms with Crippen LogP contribution in [0.1, 0.15) is 45.4 Å². The molecular formula is C16H24ClNO3. The number of alkyl halides is 1. The van der Waals surface area contributed by atoms with Gasteiger partial charge in [-0.25, -0.2) is 0 Å². The number of nitrogens with one attached hydrogen (secondary N) is 1. The van der Waals surface area contributed by atoms with Crippen molar-refractivity contribution in [3.63, 3.8) is 0 Å². The van der Waals surface area contributed by atoms with Crippen LogP contribution in [0.2, 0.25) is 0 Å². The summed E-state index contributed by atoms with van der Waals surface area (Å²) in [4.78, 5) is 24.1.